The van der Waals surface area contributed by atoms with E-state index in [9.17, 15) is 14.0 Å². The molecule has 0 radical (unpaired) electrons. The lowest BCUT2D eigenvalue weighted by atomic mass is 10.1. The van der Waals surface area contributed by atoms with Gasteiger partial charge in [0.2, 0.25) is 0 Å². The maximum Gasteiger partial charge on any atom is 0.329 e. The highest BCUT2D eigenvalue weighted by atomic mass is 19.1. The molecule has 3 rings (SSSR count). The molecule has 138 valence electrons. The molecule has 2 heterocycles. The summed E-state index contributed by atoms with van der Waals surface area (Å²) in [6, 6.07) is 5.06. The fourth-order valence-corrected chi connectivity index (χ4v) is 2.71. The van der Waals surface area contributed by atoms with E-state index in [1.165, 1.54) is 24.3 Å². The summed E-state index contributed by atoms with van der Waals surface area (Å²) in [7, 11) is 0. The molecule has 1 aromatic heterocycles. The molecule has 0 aliphatic carbocycles. The van der Waals surface area contributed by atoms with E-state index in [1.54, 1.807) is 5.01 Å². The van der Waals surface area contributed by atoms with Crippen molar-refractivity contribution in [1.82, 2.24) is 25.9 Å². The van der Waals surface area contributed by atoms with Crippen LogP contribution in [0, 0.1) is 5.82 Å². The number of hydrogen-bond acceptors (Lipinski definition) is 4. The molecular formula is C17H21FN6O2. The topological polar surface area (TPSA) is 102 Å². The Hall–Kier alpha value is -2.94. The molecule has 26 heavy (non-hydrogen) atoms. The van der Waals surface area contributed by atoms with Gasteiger partial charge in [0.15, 0.2) is 0 Å². The molecule has 9 heteroatoms. The lowest BCUT2D eigenvalue weighted by Crippen LogP contribution is -2.50. The number of H-pyrrole nitrogens is 1. The van der Waals surface area contributed by atoms with Crippen molar-refractivity contribution in [2.24, 2.45) is 0 Å². The minimum atomic E-state index is -0.401. The van der Waals surface area contributed by atoms with Gasteiger partial charge in [-0.1, -0.05) is 0 Å². The van der Waals surface area contributed by atoms with E-state index in [2.05, 4.69) is 26.3 Å². The number of hydrogen-bond donors (Lipinski definition) is 4. The van der Waals surface area contributed by atoms with Gasteiger partial charge in [0.1, 0.15) is 11.6 Å². The van der Waals surface area contributed by atoms with E-state index >= 15 is 0 Å². The van der Waals surface area contributed by atoms with Crippen molar-refractivity contribution in [2.45, 2.75) is 32.9 Å². The molecular weight excluding hydrogens is 339 g/mol. The third-order valence-electron chi connectivity index (χ3n) is 3.94. The summed E-state index contributed by atoms with van der Waals surface area (Å²) in [5.41, 5.74) is 4.80. The summed E-state index contributed by atoms with van der Waals surface area (Å²) in [5.74, 6) is -0.286. The van der Waals surface area contributed by atoms with Crippen molar-refractivity contribution in [2.75, 3.05) is 11.9 Å². The maximum atomic E-state index is 13.0. The molecule has 8 nitrogen and oxygen atoms in total. The highest BCUT2D eigenvalue weighted by molar-refractivity contribution is 6.04. The normalized spacial score (nSPS) is 14.0. The van der Waals surface area contributed by atoms with Crippen molar-refractivity contribution >= 4 is 17.8 Å². The molecule has 0 bridgehead atoms. The van der Waals surface area contributed by atoms with Crippen LogP contribution in [0.2, 0.25) is 0 Å². The number of aromatic amines is 1. The number of aromatic nitrogens is 2. The van der Waals surface area contributed by atoms with E-state index in [0.29, 0.717) is 30.9 Å². The smallest absolute Gasteiger partial charge is 0.329 e. The van der Waals surface area contributed by atoms with E-state index in [4.69, 9.17) is 0 Å². The number of carbonyl (C=O) groups excluding carboxylic acids is 2. The number of nitrogens with zero attached hydrogens (tertiary/aromatic N) is 2. The summed E-state index contributed by atoms with van der Waals surface area (Å²) in [5, 5.41) is 14.3. The Labute approximate surface area is 150 Å². The third-order valence-corrected chi connectivity index (χ3v) is 3.94. The number of anilines is 1. The Balaban J connectivity index is 1.67. The average molecular weight is 360 g/mol. The van der Waals surface area contributed by atoms with Crippen LogP contribution in [-0.4, -0.2) is 39.7 Å². The van der Waals surface area contributed by atoms with Gasteiger partial charge in [-0.3, -0.25) is 15.3 Å². The van der Waals surface area contributed by atoms with Crippen LogP contribution in [0.1, 0.15) is 35.5 Å². The Morgan fingerprint density at radius 1 is 1.27 bits per heavy atom. The van der Waals surface area contributed by atoms with Gasteiger partial charge in [0, 0.05) is 36.7 Å². The molecule has 0 fully saturated rings. The third kappa shape index (κ3) is 4.17. The molecule has 4 N–H and O–H groups in total. The largest absolute Gasteiger partial charge is 0.335 e. The van der Waals surface area contributed by atoms with Crippen LogP contribution in [0.5, 0.6) is 0 Å². The zero-order chi connectivity index (χ0) is 18.7. The summed E-state index contributed by atoms with van der Waals surface area (Å²) < 4.78 is 13.0. The monoisotopic (exact) mass is 360 g/mol. The van der Waals surface area contributed by atoms with E-state index in [1.807, 2.05) is 13.8 Å². The van der Waals surface area contributed by atoms with E-state index in [0.717, 1.165) is 11.3 Å². The van der Waals surface area contributed by atoms with Crippen molar-refractivity contribution in [1.29, 1.82) is 0 Å². The molecule has 0 unspecified atom stereocenters. The van der Waals surface area contributed by atoms with Gasteiger partial charge in [-0.2, -0.15) is 5.10 Å². The van der Waals surface area contributed by atoms with Gasteiger partial charge in [0.05, 0.1) is 5.69 Å². The van der Waals surface area contributed by atoms with Crippen LogP contribution in [-0.2, 0) is 13.0 Å². The van der Waals surface area contributed by atoms with Gasteiger partial charge >= 0.3 is 6.03 Å². The Morgan fingerprint density at radius 3 is 2.69 bits per heavy atom. The van der Waals surface area contributed by atoms with Crippen molar-refractivity contribution < 1.29 is 14.0 Å². The van der Waals surface area contributed by atoms with Crippen molar-refractivity contribution in [3.63, 3.8) is 0 Å². The Morgan fingerprint density at radius 2 is 2.00 bits per heavy atom. The van der Waals surface area contributed by atoms with Crippen LogP contribution in [0.15, 0.2) is 24.3 Å². The van der Waals surface area contributed by atoms with Gasteiger partial charge in [-0.15, -0.1) is 0 Å². The predicted molar refractivity (Wildman–Crippen MR) is 93.9 cm³/mol. The molecule has 0 spiro atoms. The molecule has 1 aliphatic rings. The molecule has 0 saturated heterocycles. The average Bonchev–Trinajstić information content (AvgIpc) is 2.97. The number of halogens is 1. The highest BCUT2D eigenvalue weighted by Gasteiger charge is 2.24. The fourth-order valence-electron chi connectivity index (χ4n) is 2.71. The number of amides is 3. The van der Waals surface area contributed by atoms with Crippen LogP contribution in [0.25, 0.3) is 0 Å². The fraction of sp³-hybridized carbons (Fsp3) is 0.353. The highest BCUT2D eigenvalue weighted by Crippen LogP contribution is 2.23. The van der Waals surface area contributed by atoms with Crippen LogP contribution in [0.3, 0.4) is 0 Å². The lowest BCUT2D eigenvalue weighted by molar-refractivity contribution is 0.102. The SMILES string of the molecule is CC(C)NC(=O)NN1CCc2n[nH]c(NC(=O)c3ccc(F)cc3)c2C1. The van der Waals surface area contributed by atoms with E-state index < -0.39 is 5.82 Å². The molecule has 0 saturated carbocycles. The van der Waals surface area contributed by atoms with Gasteiger partial charge in [-0.25, -0.2) is 14.2 Å². The predicted octanol–water partition coefficient (Wildman–Crippen LogP) is 1.78. The number of nitrogens with one attached hydrogen (secondary N) is 4. The minimum Gasteiger partial charge on any atom is -0.335 e. The first kappa shape index (κ1) is 17.9. The molecule has 0 atom stereocenters. The first-order chi connectivity index (χ1) is 12.4. The Kier molecular flexibility index (Phi) is 5.17. The summed E-state index contributed by atoms with van der Waals surface area (Å²) in [6.45, 7) is 4.80. The summed E-state index contributed by atoms with van der Waals surface area (Å²) >= 11 is 0. The van der Waals surface area contributed by atoms with Gasteiger partial charge in [0.25, 0.3) is 5.91 Å². The number of rotatable bonds is 4. The molecule has 1 aliphatic heterocycles. The number of hydrazine groups is 1. The maximum absolute atomic E-state index is 13.0. The summed E-state index contributed by atoms with van der Waals surface area (Å²) in [6.07, 6.45) is 0.639. The Bertz CT molecular complexity index is 802. The number of urea groups is 1. The first-order valence-electron chi connectivity index (χ1n) is 8.37. The molecule has 3 amide bonds. The standard InChI is InChI=1S/C17H21FN6O2/c1-10(2)19-17(26)23-24-8-7-14-13(9-24)15(22-21-14)20-16(25)11-3-5-12(18)6-4-11/h3-6,10H,7-9H2,1-2H3,(H2,19,23,26)(H2,20,21,22,25). The lowest BCUT2D eigenvalue weighted by Gasteiger charge is -2.27. The second-order valence-corrected chi connectivity index (χ2v) is 6.40. The van der Waals surface area contributed by atoms with Gasteiger partial charge < -0.3 is 10.6 Å². The second-order valence-electron chi connectivity index (χ2n) is 6.40. The second kappa shape index (κ2) is 7.52. The number of fused-ring (bicyclic) bond motifs is 1. The minimum absolute atomic E-state index is 0.0369. The number of carbonyl (C=O) groups is 2. The van der Waals surface area contributed by atoms with Gasteiger partial charge in [-0.05, 0) is 38.1 Å². The zero-order valence-electron chi connectivity index (χ0n) is 14.6. The van der Waals surface area contributed by atoms with Crippen molar-refractivity contribution in [3.05, 3.63) is 46.9 Å². The quantitative estimate of drug-likeness (QED) is 0.667. The van der Waals surface area contributed by atoms with Crippen LogP contribution >= 0.6 is 0 Å². The first-order valence-corrected chi connectivity index (χ1v) is 8.37. The van der Waals surface area contributed by atoms with Crippen LogP contribution in [0.4, 0.5) is 15.0 Å². The summed E-state index contributed by atoms with van der Waals surface area (Å²) in [4.78, 5) is 24.2. The number of benzene rings is 1. The van der Waals surface area contributed by atoms with Crippen LogP contribution < -0.4 is 16.1 Å². The zero-order valence-corrected chi connectivity index (χ0v) is 14.6. The molecule has 2 aromatic rings. The van der Waals surface area contributed by atoms with Crippen molar-refractivity contribution in [3.8, 4) is 0 Å². The van der Waals surface area contributed by atoms with E-state index in [-0.39, 0.29) is 18.0 Å². The molecule has 1 aromatic carbocycles.